The first-order chi connectivity index (χ1) is 35.4. The van der Waals surface area contributed by atoms with Crippen LogP contribution < -0.4 is 4.57 Å². The van der Waals surface area contributed by atoms with Crippen molar-refractivity contribution in [1.82, 2.24) is 24.9 Å². The highest BCUT2D eigenvalue weighted by Gasteiger charge is 2.14. The molecule has 0 atom stereocenters. The highest BCUT2D eigenvalue weighted by atomic mass is 15.0. The molecule has 8 aromatic rings. The number of nitriles is 6. The SMILES string of the molecule is N#C/C(=C\c1cc(/C=C(\C#N)c2cccnc2)cc(/C=C(\C#N)c2ccc[n+](-c3ccc(/C(C#N)=C/c4cc(/C=C(\C#N)c5ccccn5)cc(/C=C(\C#N)c5ccccn5)c4)nc3)c2)c1)c1cccnc1. The molecule has 12 nitrogen and oxygen atoms in total. The third-order valence-electron chi connectivity index (χ3n) is 10.8. The van der Waals surface area contributed by atoms with Crippen molar-refractivity contribution < 1.29 is 4.57 Å². The summed E-state index contributed by atoms with van der Waals surface area (Å²) >= 11 is 0. The molecule has 0 spiro atoms. The van der Waals surface area contributed by atoms with Gasteiger partial charge in [-0.15, -0.1) is 0 Å². The molecule has 0 bridgehead atoms. The van der Waals surface area contributed by atoms with Crippen LogP contribution in [0.1, 0.15) is 67.2 Å². The van der Waals surface area contributed by atoms with E-state index in [1.165, 1.54) is 0 Å². The summed E-state index contributed by atoms with van der Waals surface area (Å²) in [7, 11) is 0. The summed E-state index contributed by atoms with van der Waals surface area (Å²) in [6, 6.07) is 49.6. The van der Waals surface area contributed by atoms with Crippen LogP contribution >= 0.6 is 0 Å². The summed E-state index contributed by atoms with van der Waals surface area (Å²) in [5.74, 6) is 0. The number of hydrogen-bond donors (Lipinski definition) is 0. The van der Waals surface area contributed by atoms with Crippen molar-refractivity contribution in [3.05, 3.63) is 244 Å². The van der Waals surface area contributed by atoms with Gasteiger partial charge in [-0.25, -0.2) is 4.98 Å². The molecule has 0 fully saturated rings. The van der Waals surface area contributed by atoms with Gasteiger partial charge in [-0.1, -0.05) is 24.3 Å². The Kier molecular flexibility index (Phi) is 15.1. The Bertz CT molecular complexity index is 3600. The van der Waals surface area contributed by atoms with Gasteiger partial charge in [0.1, 0.15) is 24.3 Å². The maximum atomic E-state index is 10.6. The predicted octanol–water partition coefficient (Wildman–Crippen LogP) is 11.3. The first-order valence-electron chi connectivity index (χ1n) is 22.0. The van der Waals surface area contributed by atoms with Crippen LogP contribution in [-0.4, -0.2) is 24.9 Å². The summed E-state index contributed by atoms with van der Waals surface area (Å²) in [5, 5.41) is 61.4. The lowest BCUT2D eigenvalue weighted by Crippen LogP contribution is -2.30. The number of hydrogen-bond acceptors (Lipinski definition) is 11. The lowest BCUT2D eigenvalue weighted by molar-refractivity contribution is -0.596. The molecule has 0 amide bonds. The molecule has 0 N–H and O–H groups in total. The molecule has 72 heavy (non-hydrogen) atoms. The zero-order valence-corrected chi connectivity index (χ0v) is 38.1. The smallest absolute Gasteiger partial charge is 0.229 e. The number of aromatic nitrogens is 6. The zero-order valence-electron chi connectivity index (χ0n) is 38.1. The minimum Gasteiger partial charge on any atom is -0.264 e. The number of benzene rings is 2. The number of rotatable bonds is 13. The van der Waals surface area contributed by atoms with Gasteiger partial charge >= 0.3 is 0 Å². The highest BCUT2D eigenvalue weighted by Crippen LogP contribution is 2.27. The minimum atomic E-state index is 0.262. The molecular formula is C60H35N12+. The van der Waals surface area contributed by atoms with E-state index in [0.717, 1.165) is 0 Å². The van der Waals surface area contributed by atoms with Gasteiger partial charge in [-0.3, -0.25) is 19.9 Å². The van der Waals surface area contributed by atoms with Gasteiger partial charge in [0, 0.05) is 60.4 Å². The third-order valence-corrected chi connectivity index (χ3v) is 10.8. The molecule has 334 valence electrons. The summed E-state index contributed by atoms with van der Waals surface area (Å²) in [6.45, 7) is 0. The second-order valence-electron chi connectivity index (χ2n) is 15.7. The summed E-state index contributed by atoms with van der Waals surface area (Å²) < 4.78 is 1.82. The number of pyridine rings is 6. The van der Waals surface area contributed by atoms with E-state index in [4.69, 9.17) is 0 Å². The molecule has 6 aromatic heterocycles. The first kappa shape index (κ1) is 47.2. The van der Waals surface area contributed by atoms with Crippen molar-refractivity contribution in [3.63, 3.8) is 0 Å². The summed E-state index contributed by atoms with van der Waals surface area (Å²) in [6.07, 6.45) is 25.3. The standard InChI is InChI=1S/C60H35N12/c61-32-51(48-8-5-15-67-38-48)26-42-20-43(27-52(33-62)49-9-6-16-68-39-49)22-44(21-42)28-53(34-63)50-10-7-19-72(41-50)57-13-14-60(71-40-57)56(37-66)31-47-24-45(29-54(35-64)58-11-1-3-17-69-58)23-46(25-47)30-55(36-65)59-12-2-4-18-70-59/h1-31,38-41H/q+1/b51-26+,52-27+,53-28+,54-29+,55-30+,56-31+. The van der Waals surface area contributed by atoms with E-state index in [1.807, 2.05) is 65.4 Å². The van der Waals surface area contributed by atoms with Crippen molar-refractivity contribution in [2.24, 2.45) is 0 Å². The minimum absolute atomic E-state index is 0.262. The molecule has 8 rings (SSSR count). The highest BCUT2D eigenvalue weighted by molar-refractivity contribution is 5.96. The van der Waals surface area contributed by atoms with E-state index in [1.54, 1.807) is 153 Å². The Morgan fingerprint density at radius 1 is 0.361 bits per heavy atom. The van der Waals surface area contributed by atoms with Crippen LogP contribution in [0.2, 0.25) is 0 Å². The molecule has 0 radical (unpaired) electrons. The van der Waals surface area contributed by atoms with Gasteiger partial charge in [0.2, 0.25) is 5.69 Å². The zero-order chi connectivity index (χ0) is 50.1. The number of nitrogens with zero attached hydrogens (tertiary/aromatic N) is 12. The largest absolute Gasteiger partial charge is 0.264 e. The van der Waals surface area contributed by atoms with Crippen LogP contribution in [0.25, 0.3) is 75.6 Å². The van der Waals surface area contributed by atoms with Crippen molar-refractivity contribution in [2.75, 3.05) is 0 Å². The topological polar surface area (TPSA) is 211 Å². The average molecular weight is 924 g/mol. The monoisotopic (exact) mass is 923 g/mol. The Morgan fingerprint density at radius 2 is 0.750 bits per heavy atom. The van der Waals surface area contributed by atoms with Crippen molar-refractivity contribution in [3.8, 4) is 42.1 Å². The second-order valence-corrected chi connectivity index (χ2v) is 15.7. The average Bonchev–Trinajstić information content (AvgIpc) is 3.44. The summed E-state index contributed by atoms with van der Waals surface area (Å²) in [5.41, 5.74) is 9.86. The van der Waals surface area contributed by atoms with E-state index in [2.05, 4.69) is 61.3 Å². The molecular weight excluding hydrogens is 889 g/mol. The summed E-state index contributed by atoms with van der Waals surface area (Å²) in [4.78, 5) is 21.7. The predicted molar refractivity (Wildman–Crippen MR) is 277 cm³/mol. The third kappa shape index (κ3) is 11.8. The van der Waals surface area contributed by atoms with E-state index < -0.39 is 0 Å². The lowest BCUT2D eigenvalue weighted by Gasteiger charge is -2.07. The maximum Gasteiger partial charge on any atom is 0.229 e. The van der Waals surface area contributed by atoms with Gasteiger partial charge in [-0.2, -0.15) is 36.1 Å². The molecule has 12 heteroatoms. The number of allylic oxidation sites excluding steroid dienone is 6. The van der Waals surface area contributed by atoms with Crippen molar-refractivity contribution >= 4 is 69.9 Å². The second kappa shape index (κ2) is 23.0. The van der Waals surface area contributed by atoms with E-state index in [0.29, 0.717) is 101 Å². The quantitative estimate of drug-likeness (QED) is 0.0784. The van der Waals surface area contributed by atoms with Gasteiger partial charge in [-0.05, 0) is 155 Å². The fourth-order valence-corrected chi connectivity index (χ4v) is 7.52. The van der Waals surface area contributed by atoms with Crippen LogP contribution in [0, 0.1) is 68.0 Å². The Morgan fingerprint density at radius 3 is 1.10 bits per heavy atom. The molecule has 6 heterocycles. The van der Waals surface area contributed by atoms with Crippen LogP contribution in [0.15, 0.2) is 177 Å². The van der Waals surface area contributed by atoms with Gasteiger partial charge < -0.3 is 0 Å². The maximum absolute atomic E-state index is 10.6. The molecule has 0 aliphatic carbocycles. The van der Waals surface area contributed by atoms with Gasteiger partial charge in [0.05, 0.1) is 74.4 Å². The van der Waals surface area contributed by atoms with Crippen LogP contribution in [0.3, 0.4) is 0 Å². The van der Waals surface area contributed by atoms with Crippen LogP contribution in [-0.2, 0) is 0 Å². The van der Waals surface area contributed by atoms with E-state index in [9.17, 15) is 31.6 Å². The molecule has 0 aliphatic heterocycles. The first-order valence-corrected chi connectivity index (χ1v) is 22.0. The van der Waals surface area contributed by atoms with E-state index >= 15 is 0 Å². The fourth-order valence-electron chi connectivity index (χ4n) is 7.52. The normalized spacial score (nSPS) is 12.0. The molecule has 0 saturated heterocycles. The van der Waals surface area contributed by atoms with E-state index in [-0.39, 0.29) is 5.57 Å². The van der Waals surface area contributed by atoms with Crippen LogP contribution in [0.5, 0.6) is 0 Å². The fraction of sp³-hybridized carbons (Fsp3) is 0. The van der Waals surface area contributed by atoms with Gasteiger partial charge in [0.15, 0.2) is 12.4 Å². The Hall–Kier alpha value is -11.3. The molecule has 2 aromatic carbocycles. The lowest BCUT2D eigenvalue weighted by atomic mass is 9.97. The van der Waals surface area contributed by atoms with Gasteiger partial charge in [0.25, 0.3) is 0 Å². The van der Waals surface area contributed by atoms with Crippen LogP contribution in [0.4, 0.5) is 0 Å². The van der Waals surface area contributed by atoms with Crippen molar-refractivity contribution in [1.29, 1.82) is 31.6 Å². The molecule has 0 unspecified atom stereocenters. The Balaban J connectivity index is 1.13. The van der Waals surface area contributed by atoms with Crippen molar-refractivity contribution in [2.45, 2.75) is 0 Å². The molecule has 0 aliphatic rings. The molecule has 0 saturated carbocycles. The Labute approximate surface area is 415 Å².